The van der Waals surface area contributed by atoms with Gasteiger partial charge in [0.25, 0.3) is 5.91 Å². The maximum atomic E-state index is 12.7. The zero-order chi connectivity index (χ0) is 22.4. The first-order valence-corrected chi connectivity index (χ1v) is 10.3. The molecule has 0 bridgehead atoms. The topological polar surface area (TPSA) is 62.1 Å². The van der Waals surface area contributed by atoms with Crippen molar-refractivity contribution in [1.82, 2.24) is 0 Å². The van der Waals surface area contributed by atoms with Crippen LogP contribution in [0.1, 0.15) is 22.3 Å². The summed E-state index contributed by atoms with van der Waals surface area (Å²) in [7, 11) is 0. The van der Waals surface area contributed by atoms with E-state index in [1.54, 1.807) is 36.4 Å². The first-order valence-electron chi connectivity index (χ1n) is 9.53. The Balaban J connectivity index is 1.84. The summed E-state index contributed by atoms with van der Waals surface area (Å²) >= 11 is 12.2. The number of carbonyl (C=O) groups is 1. The van der Waals surface area contributed by atoms with E-state index in [9.17, 15) is 10.1 Å². The average Bonchev–Trinajstić information content (AvgIpc) is 2.75. The van der Waals surface area contributed by atoms with E-state index in [4.69, 9.17) is 27.9 Å². The van der Waals surface area contributed by atoms with Crippen molar-refractivity contribution < 1.29 is 9.53 Å². The second kappa shape index (κ2) is 10.2. The Labute approximate surface area is 191 Å². The van der Waals surface area contributed by atoms with Gasteiger partial charge in [0.15, 0.2) is 0 Å². The normalized spacial score (nSPS) is 11.0. The van der Waals surface area contributed by atoms with Crippen LogP contribution >= 0.6 is 23.2 Å². The fourth-order valence-electron chi connectivity index (χ4n) is 2.83. The molecule has 0 unspecified atom stereocenters. The van der Waals surface area contributed by atoms with Gasteiger partial charge >= 0.3 is 0 Å². The summed E-state index contributed by atoms with van der Waals surface area (Å²) in [4.78, 5) is 12.7. The van der Waals surface area contributed by atoms with Gasteiger partial charge in [-0.05, 0) is 61.4 Å². The fraction of sp³-hybridized carbons (Fsp3) is 0.120. The molecule has 0 fully saturated rings. The number of nitrogens with zero attached hydrogens (tertiary/aromatic N) is 1. The lowest BCUT2D eigenvalue weighted by atomic mass is 10.1. The van der Waals surface area contributed by atoms with Crippen LogP contribution in [0.5, 0.6) is 5.75 Å². The van der Waals surface area contributed by atoms with E-state index >= 15 is 0 Å². The van der Waals surface area contributed by atoms with E-state index < -0.39 is 5.91 Å². The molecule has 4 nitrogen and oxygen atoms in total. The van der Waals surface area contributed by atoms with E-state index in [0.29, 0.717) is 33.7 Å². The van der Waals surface area contributed by atoms with Crippen LogP contribution in [0.2, 0.25) is 10.0 Å². The molecule has 0 saturated carbocycles. The maximum Gasteiger partial charge on any atom is 0.266 e. The zero-order valence-corrected chi connectivity index (χ0v) is 18.6. The van der Waals surface area contributed by atoms with Crippen molar-refractivity contribution in [3.8, 4) is 11.8 Å². The molecule has 0 aliphatic rings. The number of aryl methyl sites for hydroxylation is 2. The number of carbonyl (C=O) groups excluding carboxylic acids is 1. The van der Waals surface area contributed by atoms with Crippen molar-refractivity contribution in [1.29, 1.82) is 5.26 Å². The van der Waals surface area contributed by atoms with Gasteiger partial charge in [0.1, 0.15) is 24.0 Å². The van der Waals surface area contributed by atoms with Crippen LogP contribution < -0.4 is 10.1 Å². The molecule has 31 heavy (non-hydrogen) atoms. The van der Waals surface area contributed by atoms with Gasteiger partial charge in [-0.15, -0.1) is 0 Å². The zero-order valence-electron chi connectivity index (χ0n) is 17.1. The molecule has 6 heteroatoms. The van der Waals surface area contributed by atoms with Gasteiger partial charge in [-0.3, -0.25) is 4.79 Å². The Bertz CT molecular complexity index is 1180. The van der Waals surface area contributed by atoms with Crippen LogP contribution in [0, 0.1) is 25.2 Å². The second-order valence-corrected chi connectivity index (χ2v) is 7.91. The molecule has 0 radical (unpaired) electrons. The van der Waals surface area contributed by atoms with Crippen molar-refractivity contribution in [2.24, 2.45) is 0 Å². The summed E-state index contributed by atoms with van der Waals surface area (Å²) < 4.78 is 5.93. The van der Waals surface area contributed by atoms with Gasteiger partial charge in [0.2, 0.25) is 0 Å². The van der Waals surface area contributed by atoms with Crippen molar-refractivity contribution in [2.75, 3.05) is 5.32 Å². The largest absolute Gasteiger partial charge is 0.488 e. The van der Waals surface area contributed by atoms with Crippen LogP contribution in [0.15, 0.2) is 66.2 Å². The SMILES string of the molecule is Cc1ccc(COc2ccc(Cl)cc2/C=C(\C#N)C(=O)Nc2cc(Cl)ccc2C)cc1. The van der Waals surface area contributed by atoms with Gasteiger partial charge < -0.3 is 10.1 Å². The number of amides is 1. The molecule has 0 spiro atoms. The summed E-state index contributed by atoms with van der Waals surface area (Å²) in [5, 5.41) is 13.3. The standard InChI is InChI=1S/C25H20Cl2N2O2/c1-16-3-6-18(7-4-16)15-31-24-10-9-21(26)12-19(24)11-20(14-28)25(30)29-23-13-22(27)8-5-17(23)2/h3-13H,15H2,1-2H3,(H,29,30)/b20-11+. The number of ether oxygens (including phenoxy) is 1. The van der Waals surface area contributed by atoms with Gasteiger partial charge in [-0.25, -0.2) is 0 Å². The molecule has 1 amide bonds. The molecule has 0 heterocycles. The maximum absolute atomic E-state index is 12.7. The number of benzene rings is 3. The van der Waals surface area contributed by atoms with Crippen LogP contribution in [0.25, 0.3) is 6.08 Å². The third-order valence-corrected chi connectivity index (χ3v) is 5.07. The molecule has 3 aromatic rings. The van der Waals surface area contributed by atoms with Crippen molar-refractivity contribution in [2.45, 2.75) is 20.5 Å². The predicted octanol–water partition coefficient (Wildman–Crippen LogP) is 6.73. The molecule has 3 aromatic carbocycles. The number of nitriles is 1. The Hall–Kier alpha value is -3.26. The lowest BCUT2D eigenvalue weighted by Gasteiger charge is -2.11. The van der Waals surface area contributed by atoms with Crippen LogP contribution in [0.3, 0.4) is 0 Å². The minimum atomic E-state index is -0.544. The number of anilines is 1. The minimum absolute atomic E-state index is 0.0816. The van der Waals surface area contributed by atoms with Crippen LogP contribution in [-0.4, -0.2) is 5.91 Å². The van der Waals surface area contributed by atoms with Gasteiger partial charge in [-0.1, -0.05) is 59.1 Å². The van der Waals surface area contributed by atoms with Gasteiger partial charge in [0.05, 0.1) is 0 Å². The summed E-state index contributed by atoms with van der Waals surface area (Å²) in [6.45, 7) is 4.21. The van der Waals surface area contributed by atoms with Crippen molar-refractivity contribution in [3.05, 3.63) is 98.5 Å². The number of rotatable bonds is 6. The number of nitrogens with one attached hydrogen (secondary N) is 1. The third-order valence-electron chi connectivity index (χ3n) is 4.60. The van der Waals surface area contributed by atoms with E-state index in [2.05, 4.69) is 5.32 Å². The fourth-order valence-corrected chi connectivity index (χ4v) is 3.18. The summed E-state index contributed by atoms with van der Waals surface area (Å²) in [6.07, 6.45) is 1.46. The lowest BCUT2D eigenvalue weighted by molar-refractivity contribution is -0.112. The lowest BCUT2D eigenvalue weighted by Crippen LogP contribution is -2.14. The Morgan fingerprint density at radius 3 is 2.42 bits per heavy atom. The second-order valence-electron chi connectivity index (χ2n) is 7.04. The number of hydrogen-bond donors (Lipinski definition) is 1. The highest BCUT2D eigenvalue weighted by molar-refractivity contribution is 6.31. The first kappa shape index (κ1) is 22.4. The molecule has 0 aliphatic heterocycles. The predicted molar refractivity (Wildman–Crippen MR) is 125 cm³/mol. The van der Waals surface area contributed by atoms with Gasteiger partial charge in [0, 0.05) is 21.3 Å². The number of halogens is 2. The average molecular weight is 451 g/mol. The smallest absolute Gasteiger partial charge is 0.266 e. The molecular formula is C25H20Cl2N2O2. The quantitative estimate of drug-likeness (QED) is 0.334. The molecule has 0 aromatic heterocycles. The molecular weight excluding hydrogens is 431 g/mol. The Morgan fingerprint density at radius 1 is 1.03 bits per heavy atom. The van der Waals surface area contributed by atoms with E-state index in [0.717, 1.165) is 11.1 Å². The van der Waals surface area contributed by atoms with Crippen molar-refractivity contribution >= 4 is 40.9 Å². The first-order chi connectivity index (χ1) is 14.9. The van der Waals surface area contributed by atoms with Gasteiger partial charge in [-0.2, -0.15) is 5.26 Å². The molecule has 0 aliphatic carbocycles. The molecule has 0 atom stereocenters. The monoisotopic (exact) mass is 450 g/mol. The highest BCUT2D eigenvalue weighted by Crippen LogP contribution is 2.27. The van der Waals surface area contributed by atoms with Crippen LogP contribution in [0.4, 0.5) is 5.69 Å². The number of hydrogen-bond acceptors (Lipinski definition) is 3. The minimum Gasteiger partial charge on any atom is -0.488 e. The van der Waals surface area contributed by atoms with E-state index in [1.165, 1.54) is 11.6 Å². The molecule has 156 valence electrons. The highest BCUT2D eigenvalue weighted by Gasteiger charge is 2.13. The van der Waals surface area contributed by atoms with Crippen LogP contribution in [-0.2, 0) is 11.4 Å². The van der Waals surface area contributed by atoms with Crippen molar-refractivity contribution in [3.63, 3.8) is 0 Å². The third kappa shape index (κ3) is 6.11. The summed E-state index contributed by atoms with van der Waals surface area (Å²) in [5.41, 5.74) is 4.00. The molecule has 0 saturated heterocycles. The summed E-state index contributed by atoms with van der Waals surface area (Å²) in [5.74, 6) is -0.0261. The molecule has 3 rings (SSSR count). The summed E-state index contributed by atoms with van der Waals surface area (Å²) in [6, 6.07) is 20.2. The Kier molecular flexibility index (Phi) is 7.36. The van der Waals surface area contributed by atoms with E-state index in [-0.39, 0.29) is 5.57 Å². The Morgan fingerprint density at radius 2 is 1.71 bits per heavy atom. The van der Waals surface area contributed by atoms with E-state index in [1.807, 2.05) is 44.2 Å². The molecule has 1 N–H and O–H groups in total. The highest BCUT2D eigenvalue weighted by atomic mass is 35.5.